The largest absolute Gasteiger partial charge is 0.494 e. The lowest BCUT2D eigenvalue weighted by Crippen LogP contribution is -2.21. The van der Waals surface area contributed by atoms with Crippen LogP contribution in [-0.2, 0) is 4.74 Å². The van der Waals surface area contributed by atoms with Gasteiger partial charge in [-0.25, -0.2) is 0 Å². The van der Waals surface area contributed by atoms with Gasteiger partial charge in [0.25, 0.3) is 0 Å². The molecule has 1 atom stereocenters. The van der Waals surface area contributed by atoms with E-state index in [4.69, 9.17) is 9.47 Å². The Morgan fingerprint density at radius 2 is 2.12 bits per heavy atom. The summed E-state index contributed by atoms with van der Waals surface area (Å²) in [6, 6.07) is 8.35. The molecule has 0 spiro atoms. The van der Waals surface area contributed by atoms with Gasteiger partial charge in [-0.05, 0) is 32.4 Å². The molecule has 96 valence electrons. The molecule has 0 aliphatic rings. The number of anilines is 1. The van der Waals surface area contributed by atoms with E-state index in [0.717, 1.165) is 37.7 Å². The van der Waals surface area contributed by atoms with Gasteiger partial charge in [0.1, 0.15) is 5.75 Å². The first kappa shape index (κ1) is 13.8. The van der Waals surface area contributed by atoms with E-state index in [1.807, 2.05) is 31.2 Å². The molecule has 1 aromatic carbocycles. The van der Waals surface area contributed by atoms with Crippen LogP contribution in [0.1, 0.15) is 27.2 Å². The molecule has 1 N–H and O–H groups in total. The summed E-state index contributed by atoms with van der Waals surface area (Å²) in [5, 5.41) is 3.39. The second kappa shape index (κ2) is 7.96. The lowest BCUT2D eigenvalue weighted by atomic mass is 10.2. The first-order valence-corrected chi connectivity index (χ1v) is 6.33. The van der Waals surface area contributed by atoms with E-state index in [1.54, 1.807) is 0 Å². The van der Waals surface area contributed by atoms with Crippen LogP contribution in [0.4, 0.5) is 5.69 Å². The molecule has 0 saturated carbocycles. The number of ether oxygens (including phenoxy) is 2. The smallest absolute Gasteiger partial charge is 0.121 e. The van der Waals surface area contributed by atoms with Crippen LogP contribution < -0.4 is 10.1 Å². The predicted molar refractivity (Wildman–Crippen MR) is 71.8 cm³/mol. The molecule has 1 rings (SSSR count). The first-order valence-electron chi connectivity index (χ1n) is 6.33. The molecule has 17 heavy (non-hydrogen) atoms. The zero-order valence-electron chi connectivity index (χ0n) is 11.0. The fourth-order valence-electron chi connectivity index (χ4n) is 1.52. The number of hydrogen-bond donors (Lipinski definition) is 1. The van der Waals surface area contributed by atoms with Crippen LogP contribution in [0.5, 0.6) is 5.75 Å². The summed E-state index contributed by atoms with van der Waals surface area (Å²) in [7, 11) is 0. The minimum absolute atomic E-state index is 0.302. The maximum Gasteiger partial charge on any atom is 0.121 e. The fraction of sp³-hybridized carbons (Fsp3) is 0.571. The number of nitrogens with one attached hydrogen (secondary N) is 1. The van der Waals surface area contributed by atoms with E-state index in [-0.39, 0.29) is 0 Å². The molecular weight excluding hydrogens is 214 g/mol. The average Bonchev–Trinajstić information content (AvgIpc) is 2.34. The van der Waals surface area contributed by atoms with E-state index in [9.17, 15) is 0 Å². The van der Waals surface area contributed by atoms with Crippen molar-refractivity contribution in [1.82, 2.24) is 0 Å². The zero-order valence-corrected chi connectivity index (χ0v) is 11.0. The molecule has 1 unspecified atom stereocenters. The molecule has 0 saturated heterocycles. The monoisotopic (exact) mass is 237 g/mol. The number of hydrogen-bond acceptors (Lipinski definition) is 3. The molecule has 0 fully saturated rings. The van der Waals surface area contributed by atoms with Crippen molar-refractivity contribution in [2.45, 2.75) is 33.2 Å². The van der Waals surface area contributed by atoms with Crippen LogP contribution in [0.25, 0.3) is 0 Å². The molecule has 0 heterocycles. The lowest BCUT2D eigenvalue weighted by molar-refractivity contribution is 0.141. The molecule has 0 radical (unpaired) electrons. The summed E-state index contributed by atoms with van der Waals surface area (Å²) in [5.74, 6) is 0.917. The van der Waals surface area contributed by atoms with Gasteiger partial charge in [0.2, 0.25) is 0 Å². The van der Waals surface area contributed by atoms with Crippen molar-refractivity contribution in [3.8, 4) is 5.75 Å². The third kappa shape index (κ3) is 5.59. The summed E-state index contributed by atoms with van der Waals surface area (Å²) in [6.07, 6.45) is 1.03. The summed E-state index contributed by atoms with van der Waals surface area (Å²) in [6.45, 7) is 8.45. The van der Waals surface area contributed by atoms with Crippen molar-refractivity contribution in [2.24, 2.45) is 0 Å². The molecule has 0 bridgehead atoms. The molecule has 0 aromatic heterocycles. The van der Waals surface area contributed by atoms with Crippen molar-refractivity contribution in [3.05, 3.63) is 24.3 Å². The maximum absolute atomic E-state index is 5.59. The Balaban J connectivity index is 2.47. The average molecular weight is 237 g/mol. The van der Waals surface area contributed by atoms with Gasteiger partial charge in [-0.1, -0.05) is 13.0 Å². The van der Waals surface area contributed by atoms with E-state index < -0.39 is 0 Å². The Morgan fingerprint density at radius 1 is 1.29 bits per heavy atom. The van der Waals surface area contributed by atoms with Crippen LogP contribution in [0, 0.1) is 0 Å². The summed E-state index contributed by atoms with van der Waals surface area (Å²) in [5.41, 5.74) is 1.07. The summed E-state index contributed by atoms with van der Waals surface area (Å²) < 4.78 is 11.0. The van der Waals surface area contributed by atoms with Crippen molar-refractivity contribution < 1.29 is 9.47 Å². The second-order valence-electron chi connectivity index (χ2n) is 4.08. The first-order chi connectivity index (χ1) is 8.26. The Morgan fingerprint density at radius 3 is 2.82 bits per heavy atom. The van der Waals surface area contributed by atoms with Crippen LogP contribution in [-0.4, -0.2) is 25.9 Å². The molecule has 3 nitrogen and oxygen atoms in total. The predicted octanol–water partition coefficient (Wildman–Crippen LogP) is 3.31. The molecular formula is C14H23NO2. The minimum Gasteiger partial charge on any atom is -0.494 e. The summed E-state index contributed by atoms with van der Waals surface area (Å²) in [4.78, 5) is 0. The van der Waals surface area contributed by atoms with E-state index in [0.29, 0.717) is 6.04 Å². The van der Waals surface area contributed by atoms with Gasteiger partial charge in [0.05, 0.1) is 13.2 Å². The number of benzene rings is 1. The van der Waals surface area contributed by atoms with Crippen LogP contribution in [0.15, 0.2) is 24.3 Å². The quantitative estimate of drug-likeness (QED) is 0.752. The molecule has 0 amide bonds. The zero-order chi connectivity index (χ0) is 12.5. The van der Waals surface area contributed by atoms with E-state index in [2.05, 4.69) is 19.2 Å². The third-order valence-electron chi connectivity index (χ3n) is 2.29. The van der Waals surface area contributed by atoms with Gasteiger partial charge in [-0.3, -0.25) is 0 Å². The van der Waals surface area contributed by atoms with Crippen molar-refractivity contribution in [1.29, 1.82) is 0 Å². The van der Waals surface area contributed by atoms with Gasteiger partial charge in [0, 0.05) is 24.4 Å². The normalized spacial score (nSPS) is 12.2. The van der Waals surface area contributed by atoms with Gasteiger partial charge < -0.3 is 14.8 Å². The van der Waals surface area contributed by atoms with E-state index >= 15 is 0 Å². The SMILES string of the molecule is CCCOc1cccc(NC(C)COCC)c1. The number of rotatable bonds is 8. The Hall–Kier alpha value is -1.22. The fourth-order valence-corrected chi connectivity index (χ4v) is 1.52. The maximum atomic E-state index is 5.59. The lowest BCUT2D eigenvalue weighted by Gasteiger charge is -2.15. The highest BCUT2D eigenvalue weighted by molar-refractivity contribution is 5.48. The Bertz CT molecular complexity index is 315. The minimum atomic E-state index is 0.302. The van der Waals surface area contributed by atoms with Gasteiger partial charge >= 0.3 is 0 Å². The Kier molecular flexibility index (Phi) is 6.48. The van der Waals surface area contributed by atoms with Gasteiger partial charge in [-0.2, -0.15) is 0 Å². The highest BCUT2D eigenvalue weighted by Gasteiger charge is 2.02. The van der Waals surface area contributed by atoms with Crippen LogP contribution >= 0.6 is 0 Å². The Labute approximate surface area is 104 Å². The van der Waals surface area contributed by atoms with Crippen molar-refractivity contribution in [3.63, 3.8) is 0 Å². The van der Waals surface area contributed by atoms with E-state index in [1.165, 1.54) is 0 Å². The van der Waals surface area contributed by atoms with Crippen LogP contribution in [0.2, 0.25) is 0 Å². The highest BCUT2D eigenvalue weighted by atomic mass is 16.5. The van der Waals surface area contributed by atoms with Crippen molar-refractivity contribution >= 4 is 5.69 Å². The van der Waals surface area contributed by atoms with Crippen LogP contribution in [0.3, 0.4) is 0 Å². The third-order valence-corrected chi connectivity index (χ3v) is 2.29. The molecule has 0 aliphatic carbocycles. The topological polar surface area (TPSA) is 30.5 Å². The molecule has 0 aliphatic heterocycles. The molecule has 1 aromatic rings. The summed E-state index contributed by atoms with van der Waals surface area (Å²) >= 11 is 0. The standard InChI is InChI=1S/C14H23NO2/c1-4-9-17-14-8-6-7-13(10-14)15-12(3)11-16-5-2/h6-8,10,12,15H,4-5,9,11H2,1-3H3. The second-order valence-corrected chi connectivity index (χ2v) is 4.08. The van der Waals surface area contributed by atoms with Crippen molar-refractivity contribution in [2.75, 3.05) is 25.1 Å². The highest BCUT2D eigenvalue weighted by Crippen LogP contribution is 2.18. The molecule has 3 heteroatoms. The van der Waals surface area contributed by atoms with Gasteiger partial charge in [-0.15, -0.1) is 0 Å². The van der Waals surface area contributed by atoms with Gasteiger partial charge in [0.15, 0.2) is 0 Å².